The monoisotopic (exact) mass is 557 g/mol. The molecule has 2 fully saturated rings. The quantitative estimate of drug-likeness (QED) is 0.346. The number of aliphatic hydroxyl groups is 2. The van der Waals surface area contributed by atoms with Crippen LogP contribution in [0.1, 0.15) is 49.7 Å². The summed E-state index contributed by atoms with van der Waals surface area (Å²) in [5.74, 6) is -1.10. The molecule has 1 saturated heterocycles. The lowest BCUT2D eigenvalue weighted by Crippen LogP contribution is -2.49. The van der Waals surface area contributed by atoms with Crippen LogP contribution in [-0.4, -0.2) is 66.0 Å². The summed E-state index contributed by atoms with van der Waals surface area (Å²) in [6.07, 6.45) is 1.28. The molecule has 0 spiro atoms. The Morgan fingerprint density at radius 2 is 2.00 bits per heavy atom. The van der Waals surface area contributed by atoms with Crippen molar-refractivity contribution in [3.63, 3.8) is 0 Å². The van der Waals surface area contributed by atoms with Gasteiger partial charge >= 0.3 is 6.09 Å². The Balaban J connectivity index is 1.64. The summed E-state index contributed by atoms with van der Waals surface area (Å²) in [4.78, 5) is 26.7. The first kappa shape index (κ1) is 29.8. The van der Waals surface area contributed by atoms with E-state index in [1.807, 2.05) is 19.1 Å². The largest absolute Gasteiger partial charge is 0.454 e. The zero-order valence-electron chi connectivity index (χ0n) is 23.1. The van der Waals surface area contributed by atoms with E-state index in [4.69, 9.17) is 10.5 Å². The molecule has 218 valence electrons. The van der Waals surface area contributed by atoms with E-state index in [0.29, 0.717) is 50.0 Å². The predicted molar refractivity (Wildman–Crippen MR) is 147 cm³/mol. The van der Waals surface area contributed by atoms with Gasteiger partial charge in [-0.15, -0.1) is 0 Å². The number of nitrogens with two attached hydrogens (primary N) is 1. The fraction of sp³-hybridized carbons (Fsp3) is 0.533. The lowest BCUT2D eigenvalue weighted by molar-refractivity contribution is -0.141. The highest BCUT2D eigenvalue weighted by molar-refractivity contribution is 5.79. The maximum Gasteiger partial charge on any atom is 0.406 e. The topological polar surface area (TPSA) is 134 Å². The van der Waals surface area contributed by atoms with Gasteiger partial charge < -0.3 is 35.6 Å². The highest BCUT2D eigenvalue weighted by atomic mass is 19.1. The van der Waals surface area contributed by atoms with E-state index >= 15 is 4.39 Å². The summed E-state index contributed by atoms with van der Waals surface area (Å²) in [6.45, 7) is 2.95. The molecule has 1 aliphatic carbocycles. The molecule has 2 amide bonds. The third kappa shape index (κ3) is 6.74. The van der Waals surface area contributed by atoms with E-state index in [-0.39, 0.29) is 37.1 Å². The van der Waals surface area contributed by atoms with Gasteiger partial charge in [-0.1, -0.05) is 24.3 Å². The number of hydrogen-bond donors (Lipinski definition) is 4. The van der Waals surface area contributed by atoms with Crippen molar-refractivity contribution in [3.8, 4) is 11.5 Å². The molecular weight excluding hydrogens is 517 g/mol. The average Bonchev–Trinajstić information content (AvgIpc) is 3.29. The maximum atomic E-state index is 15.3. The van der Waals surface area contributed by atoms with Gasteiger partial charge in [-0.25, -0.2) is 9.18 Å². The van der Waals surface area contributed by atoms with Crippen molar-refractivity contribution >= 4 is 12.0 Å². The molecule has 10 heteroatoms. The third-order valence-electron chi connectivity index (χ3n) is 8.17. The van der Waals surface area contributed by atoms with E-state index in [1.165, 1.54) is 13.2 Å². The summed E-state index contributed by atoms with van der Waals surface area (Å²) >= 11 is 0. The summed E-state index contributed by atoms with van der Waals surface area (Å²) in [7, 11) is 1.27. The number of hydrogen-bond acceptors (Lipinski definition) is 7. The normalized spacial score (nSPS) is 24.3. The van der Waals surface area contributed by atoms with Gasteiger partial charge in [0.25, 0.3) is 0 Å². The van der Waals surface area contributed by atoms with Crippen molar-refractivity contribution in [1.82, 2.24) is 10.2 Å². The van der Waals surface area contributed by atoms with Crippen LogP contribution >= 0.6 is 0 Å². The van der Waals surface area contributed by atoms with E-state index in [9.17, 15) is 19.8 Å². The molecule has 0 bridgehead atoms. The fourth-order valence-electron chi connectivity index (χ4n) is 6.00. The Labute approximate surface area is 234 Å². The molecular formula is C30H40FN3O6. The zero-order valence-corrected chi connectivity index (χ0v) is 23.1. The number of carbonyl (C=O) groups excluding carboxylic acids is 2. The molecule has 5 N–H and O–H groups in total. The smallest absolute Gasteiger partial charge is 0.406 e. The van der Waals surface area contributed by atoms with Gasteiger partial charge in [0.15, 0.2) is 11.6 Å². The summed E-state index contributed by atoms with van der Waals surface area (Å²) in [6, 6.07) is 11.3. The molecule has 2 aliphatic rings. The minimum absolute atomic E-state index is 0.0649. The van der Waals surface area contributed by atoms with Crippen LogP contribution in [0.4, 0.5) is 9.18 Å². The molecule has 2 aromatic carbocycles. The number of carbonyl (C=O) groups is 2. The molecule has 40 heavy (non-hydrogen) atoms. The molecule has 1 aliphatic heterocycles. The van der Waals surface area contributed by atoms with Crippen LogP contribution in [0.15, 0.2) is 42.5 Å². The molecule has 0 radical (unpaired) electrons. The van der Waals surface area contributed by atoms with Gasteiger partial charge in [-0.2, -0.15) is 0 Å². The number of nitrogens with zero attached hydrogens (tertiary/aromatic N) is 1. The minimum Gasteiger partial charge on any atom is -0.454 e. The Morgan fingerprint density at radius 1 is 1.23 bits per heavy atom. The maximum absolute atomic E-state index is 15.3. The molecule has 2 aromatic rings. The molecule has 4 rings (SSSR count). The SMILES string of the molecule is COC(=O)NCCCC(O)(c1cccc(F)c1Oc1cccc(C)c1)C1CCCN(C(=O)C2CC(N)C(O)C2)C1. The number of likely N-dealkylation sites (tertiary alicyclic amines) is 1. The standard InChI is InChI=1S/C30H40FN3O6/c1-19-7-3-9-22(15-19)40-27-23(10-4-11-24(27)31)30(38,12-6-13-33-29(37)39-2)21-8-5-14-34(18-21)28(36)20-16-25(32)26(35)17-20/h3-4,7,9-11,15,20-21,25-26,35,38H,5-6,8,12-14,16-18,32H2,1-2H3,(H,33,37). The summed E-state index contributed by atoms with van der Waals surface area (Å²) in [5.41, 5.74) is 5.63. The van der Waals surface area contributed by atoms with Crippen LogP contribution in [0.5, 0.6) is 11.5 Å². The van der Waals surface area contributed by atoms with Crippen LogP contribution in [0.2, 0.25) is 0 Å². The van der Waals surface area contributed by atoms with Gasteiger partial charge in [-0.05, 0) is 69.2 Å². The number of nitrogens with one attached hydrogen (secondary N) is 1. The molecule has 1 saturated carbocycles. The van der Waals surface area contributed by atoms with Crippen molar-refractivity contribution in [2.45, 2.75) is 63.2 Å². The first-order valence-electron chi connectivity index (χ1n) is 13.9. The zero-order chi connectivity index (χ0) is 28.9. The first-order valence-corrected chi connectivity index (χ1v) is 13.9. The number of halogens is 1. The molecule has 0 aromatic heterocycles. The number of piperidine rings is 1. The average molecular weight is 558 g/mol. The van der Waals surface area contributed by atoms with Crippen LogP contribution in [-0.2, 0) is 15.1 Å². The second-order valence-electron chi connectivity index (χ2n) is 11.0. The number of para-hydroxylation sites is 1. The highest BCUT2D eigenvalue weighted by Gasteiger charge is 2.45. The summed E-state index contributed by atoms with van der Waals surface area (Å²) < 4.78 is 26.0. The Morgan fingerprint density at radius 3 is 2.70 bits per heavy atom. The summed E-state index contributed by atoms with van der Waals surface area (Å²) in [5, 5.41) is 25.1. The molecule has 9 nitrogen and oxygen atoms in total. The highest BCUT2D eigenvalue weighted by Crippen LogP contribution is 2.45. The van der Waals surface area contributed by atoms with Crippen LogP contribution < -0.4 is 15.8 Å². The number of methoxy groups -OCH3 is 1. The third-order valence-corrected chi connectivity index (χ3v) is 8.17. The fourth-order valence-corrected chi connectivity index (χ4v) is 6.00. The predicted octanol–water partition coefficient (Wildman–Crippen LogP) is 3.59. The van der Waals surface area contributed by atoms with Crippen molar-refractivity contribution in [3.05, 3.63) is 59.4 Å². The number of ether oxygens (including phenoxy) is 2. The number of aryl methyl sites for hydroxylation is 1. The second-order valence-corrected chi connectivity index (χ2v) is 11.0. The number of alkyl carbamates (subject to hydrolysis) is 1. The van der Waals surface area contributed by atoms with Crippen molar-refractivity contribution in [2.24, 2.45) is 17.6 Å². The van der Waals surface area contributed by atoms with Gasteiger partial charge in [0.05, 0.1) is 18.8 Å². The van der Waals surface area contributed by atoms with E-state index < -0.39 is 35.6 Å². The van der Waals surface area contributed by atoms with Crippen molar-refractivity contribution in [2.75, 3.05) is 26.7 Å². The van der Waals surface area contributed by atoms with Crippen molar-refractivity contribution in [1.29, 1.82) is 0 Å². The van der Waals surface area contributed by atoms with E-state index in [1.54, 1.807) is 29.2 Å². The van der Waals surface area contributed by atoms with Gasteiger partial charge in [0, 0.05) is 43.1 Å². The minimum atomic E-state index is -1.57. The van der Waals surface area contributed by atoms with Gasteiger partial charge in [-0.3, -0.25) is 4.79 Å². The van der Waals surface area contributed by atoms with Crippen LogP contribution in [0, 0.1) is 24.6 Å². The Kier molecular flexibility index (Phi) is 9.65. The second kappa shape index (κ2) is 13.0. The number of rotatable bonds is 9. The molecule has 5 atom stereocenters. The van der Waals surface area contributed by atoms with Gasteiger partial charge in [0.1, 0.15) is 5.75 Å². The number of aliphatic hydroxyl groups excluding tert-OH is 1. The Bertz CT molecular complexity index is 1190. The Hall–Kier alpha value is -3.21. The lowest BCUT2D eigenvalue weighted by atomic mass is 9.73. The first-order chi connectivity index (χ1) is 19.1. The molecule has 5 unspecified atom stereocenters. The van der Waals surface area contributed by atoms with E-state index in [0.717, 1.165) is 5.56 Å². The van der Waals surface area contributed by atoms with Crippen LogP contribution in [0.3, 0.4) is 0 Å². The van der Waals surface area contributed by atoms with Crippen LogP contribution in [0.25, 0.3) is 0 Å². The van der Waals surface area contributed by atoms with Crippen molar-refractivity contribution < 1.29 is 33.7 Å². The number of amides is 2. The van der Waals surface area contributed by atoms with Gasteiger partial charge in [0.2, 0.25) is 5.91 Å². The number of benzene rings is 2. The lowest BCUT2D eigenvalue weighted by Gasteiger charge is -2.44. The molecule has 1 heterocycles. The van der Waals surface area contributed by atoms with E-state index in [2.05, 4.69) is 10.1 Å².